The lowest BCUT2D eigenvalue weighted by Crippen LogP contribution is -1.89. The number of benzene rings is 1. The highest BCUT2D eigenvalue weighted by Crippen LogP contribution is 2.15. The van der Waals surface area contributed by atoms with E-state index in [2.05, 4.69) is 40.0 Å². The first-order valence-electron chi connectivity index (χ1n) is 3.77. The summed E-state index contributed by atoms with van der Waals surface area (Å²) in [5.74, 6) is 0. The molecule has 0 aromatic heterocycles. The van der Waals surface area contributed by atoms with Gasteiger partial charge in [0.05, 0.1) is 0 Å². The zero-order valence-corrected chi connectivity index (χ0v) is 9.34. The maximum atomic E-state index is 3.09. The van der Waals surface area contributed by atoms with Gasteiger partial charge in [0.25, 0.3) is 0 Å². The zero-order valence-electron chi connectivity index (χ0n) is 7.19. The maximum Gasteiger partial charge on any atom is 0.0473 e. The van der Waals surface area contributed by atoms with Gasteiger partial charge in [0.1, 0.15) is 0 Å². The van der Waals surface area contributed by atoms with Crippen molar-refractivity contribution < 1.29 is 0 Å². The molecule has 1 N–H and O–H groups in total. The molecule has 1 aromatic carbocycles. The van der Waals surface area contributed by atoms with Crippen LogP contribution in [0.5, 0.6) is 0 Å². The molecule has 0 saturated carbocycles. The van der Waals surface area contributed by atoms with Crippen LogP contribution in [0.2, 0.25) is 0 Å². The predicted molar refractivity (Wildman–Crippen MR) is 60.1 cm³/mol. The van der Waals surface area contributed by atoms with E-state index in [0.717, 1.165) is 0 Å². The fourth-order valence-corrected chi connectivity index (χ4v) is 1.32. The Hall–Kier alpha value is -0.250. The number of hydrogen-bond donors (Lipinski definition) is 1. The lowest BCUT2D eigenvalue weighted by molar-refractivity contribution is 1.49. The summed E-state index contributed by atoms with van der Waals surface area (Å²) in [6.45, 7) is 4.00. The Labute approximate surface area is 82.3 Å². The van der Waals surface area contributed by atoms with Gasteiger partial charge in [-0.1, -0.05) is 26.0 Å². The van der Waals surface area contributed by atoms with Gasteiger partial charge in [-0.15, -0.1) is 0 Å². The molecule has 0 radical (unpaired) electrons. The van der Waals surface area contributed by atoms with Gasteiger partial charge in [-0.05, 0) is 34.7 Å². The van der Waals surface area contributed by atoms with Crippen LogP contribution in [0.1, 0.15) is 13.8 Å². The Morgan fingerprint density at radius 3 is 2.09 bits per heavy atom. The first kappa shape index (κ1) is 10.8. The van der Waals surface area contributed by atoms with Gasteiger partial charge in [0.2, 0.25) is 0 Å². The second-order valence-corrected chi connectivity index (χ2v) is 2.89. The normalized spacial score (nSPS) is 8.00. The first-order chi connectivity index (χ1) is 5.34. The number of halogens is 1. The van der Waals surface area contributed by atoms with E-state index in [9.17, 15) is 0 Å². The molecule has 0 amide bonds. The van der Waals surface area contributed by atoms with Gasteiger partial charge in [-0.25, -0.2) is 0 Å². The number of para-hydroxylation sites is 1. The molecule has 0 atom stereocenters. The number of nitrogens with one attached hydrogen (secondary N) is 1. The summed E-state index contributed by atoms with van der Waals surface area (Å²) in [5, 5.41) is 3.09. The van der Waals surface area contributed by atoms with Crippen molar-refractivity contribution >= 4 is 28.3 Å². The van der Waals surface area contributed by atoms with Crippen molar-refractivity contribution in [3.8, 4) is 0 Å². The average Bonchev–Trinajstić information content (AvgIpc) is 2.09. The van der Waals surface area contributed by atoms with Crippen LogP contribution in [-0.2, 0) is 0 Å². The van der Waals surface area contributed by atoms with Crippen LogP contribution in [0.4, 0.5) is 5.69 Å². The molecular formula is C9H14IN. The summed E-state index contributed by atoms with van der Waals surface area (Å²) in [6, 6.07) is 8.19. The van der Waals surface area contributed by atoms with E-state index in [1.54, 1.807) is 0 Å². The molecular weight excluding hydrogens is 249 g/mol. The predicted octanol–water partition coefficient (Wildman–Crippen LogP) is 3.36. The molecule has 0 aliphatic heterocycles. The third kappa shape index (κ3) is 3.60. The molecule has 0 unspecified atom stereocenters. The van der Waals surface area contributed by atoms with Gasteiger partial charge < -0.3 is 5.32 Å². The van der Waals surface area contributed by atoms with E-state index in [0.29, 0.717) is 0 Å². The zero-order chi connectivity index (χ0) is 8.69. The van der Waals surface area contributed by atoms with Crippen molar-refractivity contribution in [2.75, 3.05) is 12.4 Å². The summed E-state index contributed by atoms with van der Waals surface area (Å²) in [6.07, 6.45) is 0. The molecule has 1 aromatic rings. The fraction of sp³-hybridized carbons (Fsp3) is 0.333. The SMILES string of the molecule is CC.CNc1ccccc1I. The Bertz CT molecular complexity index is 199. The van der Waals surface area contributed by atoms with Crippen molar-refractivity contribution in [1.82, 2.24) is 0 Å². The van der Waals surface area contributed by atoms with Gasteiger partial charge >= 0.3 is 0 Å². The van der Waals surface area contributed by atoms with Crippen LogP contribution < -0.4 is 5.32 Å². The van der Waals surface area contributed by atoms with E-state index in [4.69, 9.17) is 0 Å². The van der Waals surface area contributed by atoms with Gasteiger partial charge in [-0.2, -0.15) is 0 Å². The van der Waals surface area contributed by atoms with Crippen LogP contribution in [0.25, 0.3) is 0 Å². The van der Waals surface area contributed by atoms with Crippen molar-refractivity contribution in [1.29, 1.82) is 0 Å². The number of rotatable bonds is 1. The van der Waals surface area contributed by atoms with E-state index >= 15 is 0 Å². The minimum Gasteiger partial charge on any atom is -0.387 e. The highest BCUT2D eigenvalue weighted by molar-refractivity contribution is 14.1. The smallest absolute Gasteiger partial charge is 0.0473 e. The lowest BCUT2D eigenvalue weighted by atomic mass is 10.3. The second kappa shape index (κ2) is 6.46. The minimum absolute atomic E-state index is 1.19. The maximum absolute atomic E-state index is 3.09. The summed E-state index contributed by atoms with van der Waals surface area (Å²) in [7, 11) is 1.93. The monoisotopic (exact) mass is 263 g/mol. The van der Waals surface area contributed by atoms with Crippen LogP contribution in [-0.4, -0.2) is 7.05 Å². The Morgan fingerprint density at radius 2 is 1.73 bits per heavy atom. The molecule has 0 fully saturated rings. The molecule has 0 aliphatic rings. The highest BCUT2D eigenvalue weighted by Gasteiger charge is 1.90. The molecule has 1 rings (SSSR count). The van der Waals surface area contributed by atoms with Crippen molar-refractivity contribution in [2.24, 2.45) is 0 Å². The first-order valence-corrected chi connectivity index (χ1v) is 4.85. The molecule has 1 nitrogen and oxygen atoms in total. The van der Waals surface area contributed by atoms with E-state index in [-0.39, 0.29) is 0 Å². The lowest BCUT2D eigenvalue weighted by Gasteiger charge is -1.99. The average molecular weight is 263 g/mol. The Kier molecular flexibility index (Phi) is 6.31. The molecule has 2 heteroatoms. The number of hydrogen-bond acceptors (Lipinski definition) is 1. The van der Waals surface area contributed by atoms with Crippen LogP contribution in [0.3, 0.4) is 0 Å². The van der Waals surface area contributed by atoms with Gasteiger partial charge in [0.15, 0.2) is 0 Å². The summed E-state index contributed by atoms with van der Waals surface area (Å²) >= 11 is 2.30. The Morgan fingerprint density at radius 1 is 1.18 bits per heavy atom. The quantitative estimate of drug-likeness (QED) is 0.766. The van der Waals surface area contributed by atoms with E-state index in [1.165, 1.54) is 9.26 Å². The molecule has 0 heterocycles. The van der Waals surface area contributed by atoms with Crippen molar-refractivity contribution in [3.63, 3.8) is 0 Å². The number of anilines is 1. The van der Waals surface area contributed by atoms with Crippen molar-refractivity contribution in [3.05, 3.63) is 27.8 Å². The topological polar surface area (TPSA) is 12.0 Å². The third-order valence-electron chi connectivity index (χ3n) is 1.14. The summed E-state index contributed by atoms with van der Waals surface area (Å²) in [4.78, 5) is 0. The van der Waals surface area contributed by atoms with E-state index < -0.39 is 0 Å². The second-order valence-electron chi connectivity index (χ2n) is 1.73. The molecule has 0 aliphatic carbocycles. The summed E-state index contributed by atoms with van der Waals surface area (Å²) in [5.41, 5.74) is 1.19. The molecule has 11 heavy (non-hydrogen) atoms. The Balaban J connectivity index is 0.000000461. The largest absolute Gasteiger partial charge is 0.387 e. The van der Waals surface area contributed by atoms with Crippen LogP contribution in [0.15, 0.2) is 24.3 Å². The van der Waals surface area contributed by atoms with Crippen LogP contribution in [0, 0.1) is 3.57 Å². The minimum atomic E-state index is 1.19. The fourth-order valence-electron chi connectivity index (χ4n) is 0.664. The van der Waals surface area contributed by atoms with Gasteiger partial charge in [0, 0.05) is 16.3 Å². The molecule has 0 saturated heterocycles. The molecule has 0 spiro atoms. The molecule has 0 bridgehead atoms. The van der Waals surface area contributed by atoms with Crippen molar-refractivity contribution in [2.45, 2.75) is 13.8 Å². The molecule has 62 valence electrons. The van der Waals surface area contributed by atoms with Gasteiger partial charge in [-0.3, -0.25) is 0 Å². The third-order valence-corrected chi connectivity index (χ3v) is 2.08. The van der Waals surface area contributed by atoms with Crippen LogP contribution >= 0.6 is 22.6 Å². The highest BCUT2D eigenvalue weighted by atomic mass is 127. The summed E-state index contributed by atoms with van der Waals surface area (Å²) < 4.78 is 1.26. The van der Waals surface area contributed by atoms with E-state index in [1.807, 2.05) is 33.0 Å². The standard InChI is InChI=1S/C7H8IN.C2H6/c1-9-7-5-3-2-4-6(7)8;1-2/h2-5,9H,1H3;1-2H3.